The van der Waals surface area contributed by atoms with E-state index in [0.29, 0.717) is 12.6 Å². The van der Waals surface area contributed by atoms with E-state index in [1.165, 1.54) is 11.3 Å². The van der Waals surface area contributed by atoms with Gasteiger partial charge in [-0.3, -0.25) is 4.99 Å². The number of nitrogens with zero attached hydrogens (tertiary/aromatic N) is 4. The SMILES string of the molecule is CN=C(NCc1nccn1Cc1ccccc1)NC1CCCN(c2cccc(OC)c2)C1.I. The summed E-state index contributed by atoms with van der Waals surface area (Å²) in [7, 11) is 3.52. The first kappa shape index (κ1) is 24.9. The van der Waals surface area contributed by atoms with Crippen LogP contribution in [0.1, 0.15) is 24.2 Å². The van der Waals surface area contributed by atoms with Crippen molar-refractivity contribution in [2.45, 2.75) is 32.0 Å². The van der Waals surface area contributed by atoms with Gasteiger partial charge in [-0.25, -0.2) is 4.98 Å². The van der Waals surface area contributed by atoms with E-state index < -0.39 is 0 Å². The summed E-state index contributed by atoms with van der Waals surface area (Å²) >= 11 is 0. The smallest absolute Gasteiger partial charge is 0.191 e. The lowest BCUT2D eigenvalue weighted by atomic mass is 10.0. The van der Waals surface area contributed by atoms with Gasteiger partial charge in [0.1, 0.15) is 11.6 Å². The van der Waals surface area contributed by atoms with Gasteiger partial charge in [0.15, 0.2) is 5.96 Å². The highest BCUT2D eigenvalue weighted by molar-refractivity contribution is 14.0. The molecule has 0 aliphatic carbocycles. The molecular weight excluding hydrogens is 527 g/mol. The van der Waals surface area contributed by atoms with Crippen LogP contribution in [0.2, 0.25) is 0 Å². The summed E-state index contributed by atoms with van der Waals surface area (Å²) in [6.45, 7) is 3.40. The van der Waals surface area contributed by atoms with Crippen molar-refractivity contribution in [2.24, 2.45) is 4.99 Å². The molecule has 176 valence electrons. The molecule has 2 heterocycles. The number of nitrogens with one attached hydrogen (secondary N) is 2. The van der Waals surface area contributed by atoms with E-state index in [4.69, 9.17) is 4.74 Å². The van der Waals surface area contributed by atoms with Gasteiger partial charge in [-0.05, 0) is 30.5 Å². The van der Waals surface area contributed by atoms with Crippen molar-refractivity contribution < 1.29 is 4.74 Å². The average Bonchev–Trinajstić information content (AvgIpc) is 3.29. The second-order valence-electron chi connectivity index (χ2n) is 8.01. The highest BCUT2D eigenvalue weighted by atomic mass is 127. The number of guanidine groups is 1. The fourth-order valence-electron chi connectivity index (χ4n) is 4.12. The molecule has 3 aromatic rings. The largest absolute Gasteiger partial charge is 0.497 e. The summed E-state index contributed by atoms with van der Waals surface area (Å²) in [5.41, 5.74) is 2.45. The summed E-state index contributed by atoms with van der Waals surface area (Å²) in [5.74, 6) is 2.68. The molecule has 1 aliphatic heterocycles. The van der Waals surface area contributed by atoms with Crippen LogP contribution in [0.15, 0.2) is 72.0 Å². The van der Waals surface area contributed by atoms with Crippen molar-refractivity contribution in [1.29, 1.82) is 0 Å². The number of ether oxygens (including phenoxy) is 1. The van der Waals surface area contributed by atoms with Gasteiger partial charge in [0.2, 0.25) is 0 Å². The molecule has 2 aromatic carbocycles. The van der Waals surface area contributed by atoms with Gasteiger partial charge in [0.25, 0.3) is 0 Å². The number of halogens is 1. The Morgan fingerprint density at radius 1 is 1.18 bits per heavy atom. The van der Waals surface area contributed by atoms with E-state index >= 15 is 0 Å². The quantitative estimate of drug-likeness (QED) is 0.261. The van der Waals surface area contributed by atoms with E-state index in [2.05, 4.69) is 66.5 Å². The molecule has 0 spiro atoms. The minimum Gasteiger partial charge on any atom is -0.497 e. The maximum atomic E-state index is 5.39. The number of anilines is 1. The van der Waals surface area contributed by atoms with Crippen LogP contribution in [0.5, 0.6) is 5.75 Å². The third kappa shape index (κ3) is 6.86. The molecule has 1 fully saturated rings. The fraction of sp³-hybridized carbons (Fsp3) is 0.360. The summed E-state index contributed by atoms with van der Waals surface area (Å²) in [5, 5.41) is 7.03. The average molecular weight is 560 g/mol. The number of methoxy groups -OCH3 is 1. The fourth-order valence-corrected chi connectivity index (χ4v) is 4.12. The molecular formula is C25H33IN6O. The maximum Gasteiger partial charge on any atom is 0.191 e. The zero-order valence-corrected chi connectivity index (χ0v) is 21.6. The lowest BCUT2D eigenvalue weighted by Crippen LogP contribution is -2.51. The Morgan fingerprint density at radius 2 is 2.03 bits per heavy atom. The zero-order valence-electron chi connectivity index (χ0n) is 19.3. The van der Waals surface area contributed by atoms with Crippen LogP contribution in [0.4, 0.5) is 5.69 Å². The Labute approximate surface area is 213 Å². The van der Waals surface area contributed by atoms with Crippen LogP contribution < -0.4 is 20.3 Å². The zero-order chi connectivity index (χ0) is 22.2. The molecule has 4 rings (SSSR count). The molecule has 1 saturated heterocycles. The van der Waals surface area contributed by atoms with Crippen LogP contribution in [-0.4, -0.2) is 48.8 Å². The van der Waals surface area contributed by atoms with E-state index in [-0.39, 0.29) is 24.0 Å². The number of aliphatic imine (C=N–C) groups is 1. The van der Waals surface area contributed by atoms with E-state index in [1.807, 2.05) is 37.6 Å². The summed E-state index contributed by atoms with van der Waals surface area (Å²) < 4.78 is 7.56. The second-order valence-corrected chi connectivity index (χ2v) is 8.01. The van der Waals surface area contributed by atoms with Gasteiger partial charge < -0.3 is 24.8 Å². The molecule has 0 radical (unpaired) electrons. The molecule has 1 atom stereocenters. The van der Waals surface area contributed by atoms with Crippen LogP contribution in [0.3, 0.4) is 0 Å². The van der Waals surface area contributed by atoms with Crippen molar-refractivity contribution in [3.8, 4) is 5.75 Å². The molecule has 0 amide bonds. The Balaban J connectivity index is 0.00000306. The topological polar surface area (TPSA) is 66.7 Å². The van der Waals surface area contributed by atoms with E-state index in [1.54, 1.807) is 7.11 Å². The van der Waals surface area contributed by atoms with Gasteiger partial charge >= 0.3 is 0 Å². The number of imidazole rings is 1. The predicted octanol–water partition coefficient (Wildman–Crippen LogP) is 3.89. The number of piperidine rings is 1. The normalized spacial score (nSPS) is 16.1. The summed E-state index contributed by atoms with van der Waals surface area (Å²) in [6.07, 6.45) is 6.12. The lowest BCUT2D eigenvalue weighted by Gasteiger charge is -2.35. The summed E-state index contributed by atoms with van der Waals surface area (Å²) in [4.78, 5) is 11.4. The second kappa shape index (κ2) is 12.5. The third-order valence-electron chi connectivity index (χ3n) is 5.82. The Hall–Kier alpha value is -2.75. The van der Waals surface area contributed by atoms with Gasteiger partial charge in [0, 0.05) is 56.9 Å². The Bertz CT molecular complexity index is 1020. The number of rotatable bonds is 7. The number of hydrogen-bond acceptors (Lipinski definition) is 4. The number of benzene rings is 2. The standard InChI is InChI=1S/C25H32N6O.HI/c1-26-25(28-17-24-27-13-15-31(24)18-20-8-4-3-5-9-20)29-21-10-7-14-30(19-21)22-11-6-12-23(16-22)32-2;/h3-6,8-9,11-13,15-16,21H,7,10,14,17-19H2,1-2H3,(H2,26,28,29);1H. The molecule has 2 N–H and O–H groups in total. The first-order chi connectivity index (χ1) is 15.7. The van der Waals surface area contributed by atoms with Crippen molar-refractivity contribution in [2.75, 3.05) is 32.1 Å². The maximum absolute atomic E-state index is 5.39. The van der Waals surface area contributed by atoms with E-state index in [0.717, 1.165) is 50.0 Å². The van der Waals surface area contributed by atoms with Gasteiger partial charge in [-0.2, -0.15) is 0 Å². The monoisotopic (exact) mass is 560 g/mol. The molecule has 1 unspecified atom stereocenters. The van der Waals surface area contributed by atoms with E-state index in [9.17, 15) is 0 Å². The Morgan fingerprint density at radius 3 is 2.82 bits per heavy atom. The van der Waals surface area contributed by atoms with Crippen LogP contribution in [-0.2, 0) is 13.1 Å². The van der Waals surface area contributed by atoms with Gasteiger partial charge in [-0.15, -0.1) is 24.0 Å². The van der Waals surface area contributed by atoms with Gasteiger partial charge in [0.05, 0.1) is 13.7 Å². The van der Waals surface area contributed by atoms with Crippen LogP contribution in [0.25, 0.3) is 0 Å². The molecule has 7 nitrogen and oxygen atoms in total. The van der Waals surface area contributed by atoms with Crippen LogP contribution >= 0.6 is 24.0 Å². The minimum absolute atomic E-state index is 0. The molecule has 33 heavy (non-hydrogen) atoms. The van der Waals surface area contributed by atoms with Crippen LogP contribution in [0, 0.1) is 0 Å². The molecule has 8 heteroatoms. The van der Waals surface area contributed by atoms with Crippen molar-refractivity contribution in [3.05, 3.63) is 78.4 Å². The minimum atomic E-state index is 0. The van der Waals surface area contributed by atoms with Gasteiger partial charge in [-0.1, -0.05) is 36.4 Å². The molecule has 1 aromatic heterocycles. The number of aromatic nitrogens is 2. The Kier molecular flexibility index (Phi) is 9.41. The first-order valence-electron chi connectivity index (χ1n) is 11.2. The lowest BCUT2D eigenvalue weighted by molar-refractivity contribution is 0.414. The van der Waals surface area contributed by atoms with Crippen molar-refractivity contribution >= 4 is 35.6 Å². The summed E-state index contributed by atoms with van der Waals surface area (Å²) in [6, 6.07) is 19.0. The predicted molar refractivity (Wildman–Crippen MR) is 145 cm³/mol. The highest BCUT2D eigenvalue weighted by Crippen LogP contribution is 2.24. The third-order valence-corrected chi connectivity index (χ3v) is 5.82. The highest BCUT2D eigenvalue weighted by Gasteiger charge is 2.21. The number of hydrogen-bond donors (Lipinski definition) is 2. The molecule has 1 aliphatic rings. The molecule has 0 bridgehead atoms. The van der Waals surface area contributed by atoms with Crippen molar-refractivity contribution in [3.63, 3.8) is 0 Å². The van der Waals surface area contributed by atoms with Crippen molar-refractivity contribution in [1.82, 2.24) is 20.2 Å². The molecule has 0 saturated carbocycles. The first-order valence-corrected chi connectivity index (χ1v) is 11.2.